The lowest BCUT2D eigenvalue weighted by molar-refractivity contribution is -0.117. The Morgan fingerprint density at radius 3 is 2.55 bits per heavy atom. The van der Waals surface area contributed by atoms with Crippen molar-refractivity contribution in [1.29, 1.82) is 0 Å². The van der Waals surface area contributed by atoms with Crippen LogP contribution in [-0.4, -0.2) is 56.1 Å². The lowest BCUT2D eigenvalue weighted by Crippen LogP contribution is -2.38. The van der Waals surface area contributed by atoms with Crippen molar-refractivity contribution >= 4 is 47.4 Å². The molecule has 2 aromatic rings. The van der Waals surface area contributed by atoms with Crippen molar-refractivity contribution in [1.82, 2.24) is 10.2 Å². The number of thiophene rings is 1. The molecule has 162 valence electrons. The fraction of sp³-hybridized carbons (Fsp3) is 0.435. The first kappa shape index (κ1) is 21.6. The Hall–Kier alpha value is -2.61. The molecule has 1 aromatic heterocycles. The number of piperidine rings is 1. The molecule has 0 spiro atoms. The highest BCUT2D eigenvalue weighted by atomic mass is 32.1. The summed E-state index contributed by atoms with van der Waals surface area (Å²) in [6.45, 7) is 6.19. The largest absolute Gasteiger partial charge is 0.346 e. The van der Waals surface area contributed by atoms with Crippen LogP contribution in [0.25, 0.3) is 0 Å². The number of hydrogen-bond acceptors (Lipinski definition) is 4. The van der Waals surface area contributed by atoms with Crippen LogP contribution in [0.15, 0.2) is 30.3 Å². The normalized spacial score (nSPS) is 19.7. The monoisotopic (exact) mass is 437 g/mol. The van der Waals surface area contributed by atoms with Crippen molar-refractivity contribution in [3.63, 3.8) is 0 Å². The number of benzene rings is 1. The second-order valence-corrected chi connectivity index (χ2v) is 10.1. The molecule has 2 saturated heterocycles. The fourth-order valence-corrected chi connectivity index (χ4v) is 5.08. The first-order chi connectivity index (χ1) is 14.8. The van der Waals surface area contributed by atoms with Gasteiger partial charge in [0, 0.05) is 37.3 Å². The van der Waals surface area contributed by atoms with Gasteiger partial charge >= 0.3 is 0 Å². The summed E-state index contributed by atoms with van der Waals surface area (Å²) in [5.74, 6) is 0.591. The number of hydrogen-bond donors (Lipinski definition) is 1. The van der Waals surface area contributed by atoms with Gasteiger partial charge in [0.25, 0.3) is 11.8 Å². The molecule has 3 amide bonds. The molecule has 2 aliphatic rings. The van der Waals surface area contributed by atoms with Gasteiger partial charge in [-0.3, -0.25) is 14.4 Å². The molecule has 6 nitrogen and oxygen atoms in total. The quantitative estimate of drug-likeness (QED) is 0.741. The highest BCUT2D eigenvalue weighted by molar-refractivity contribution is 7.21. The Labute approximate surface area is 188 Å². The van der Waals surface area contributed by atoms with Gasteiger partial charge in [-0.1, -0.05) is 13.0 Å². The summed E-state index contributed by atoms with van der Waals surface area (Å²) in [5, 5.41) is 2.98. The van der Waals surface area contributed by atoms with Crippen LogP contribution in [0.1, 0.15) is 51.8 Å². The summed E-state index contributed by atoms with van der Waals surface area (Å²) >= 11 is 1.45. The van der Waals surface area contributed by atoms with Gasteiger partial charge in [0.2, 0.25) is 5.91 Å². The van der Waals surface area contributed by atoms with Gasteiger partial charge in [0.1, 0.15) is 0 Å². The lowest BCUT2D eigenvalue weighted by Gasteiger charge is -2.31. The fourth-order valence-electron chi connectivity index (χ4n) is 4.30. The first-order valence-corrected chi connectivity index (χ1v) is 11.7. The standard InChI is InChI=1S/C23H28BN3O3S/c1-14-7-9-26(10-8-14)23(30)18-4-3-17(11-15(18)2)27-13-16(12-21(27)28)25-22(29)19-5-6-20(24)31-19/h3-6,11,14,16H,7-10,12-13,24H2,1-2H3,(H,25,29). The first-order valence-electron chi connectivity index (χ1n) is 10.9. The minimum Gasteiger partial charge on any atom is -0.346 e. The highest BCUT2D eigenvalue weighted by Gasteiger charge is 2.32. The topological polar surface area (TPSA) is 69.7 Å². The number of anilines is 1. The summed E-state index contributed by atoms with van der Waals surface area (Å²) < 4.78 is 1.08. The molecule has 0 bridgehead atoms. The molecule has 1 atom stereocenters. The van der Waals surface area contributed by atoms with Crippen LogP contribution in [0.4, 0.5) is 5.69 Å². The predicted octanol–water partition coefficient (Wildman–Crippen LogP) is 1.72. The number of carbonyl (C=O) groups excluding carboxylic acids is 3. The van der Waals surface area contributed by atoms with Crippen LogP contribution in [0.5, 0.6) is 0 Å². The van der Waals surface area contributed by atoms with Gasteiger partial charge in [-0.15, -0.1) is 11.3 Å². The Bertz CT molecular complexity index is 1010. The minimum atomic E-state index is -0.223. The van der Waals surface area contributed by atoms with E-state index in [4.69, 9.17) is 0 Å². The van der Waals surface area contributed by atoms with E-state index in [0.717, 1.165) is 42.0 Å². The maximum atomic E-state index is 12.9. The predicted molar refractivity (Wildman–Crippen MR) is 126 cm³/mol. The van der Waals surface area contributed by atoms with Gasteiger partial charge in [0.15, 0.2) is 7.85 Å². The Morgan fingerprint density at radius 2 is 1.90 bits per heavy atom. The Kier molecular flexibility index (Phi) is 6.18. The van der Waals surface area contributed by atoms with Gasteiger partial charge in [-0.05, 0) is 60.3 Å². The summed E-state index contributed by atoms with van der Waals surface area (Å²) in [5.41, 5.74) is 2.34. The minimum absolute atomic E-state index is 0.0174. The second-order valence-electron chi connectivity index (χ2n) is 8.76. The van der Waals surface area contributed by atoms with Crippen LogP contribution in [-0.2, 0) is 4.79 Å². The smallest absolute Gasteiger partial charge is 0.261 e. The van der Waals surface area contributed by atoms with Gasteiger partial charge < -0.3 is 15.1 Å². The number of amides is 3. The third kappa shape index (κ3) is 4.69. The summed E-state index contributed by atoms with van der Waals surface area (Å²) in [6.07, 6.45) is 2.37. The van der Waals surface area contributed by atoms with Gasteiger partial charge in [-0.25, -0.2) is 0 Å². The summed E-state index contributed by atoms with van der Waals surface area (Å²) in [4.78, 5) is 42.3. The SMILES string of the molecule is Bc1ccc(C(=O)NC2CC(=O)N(c3ccc(C(=O)N4CCC(C)CC4)c(C)c3)C2)s1. The van der Waals surface area contributed by atoms with Crippen molar-refractivity contribution < 1.29 is 14.4 Å². The zero-order valence-electron chi connectivity index (χ0n) is 18.3. The number of rotatable bonds is 4. The molecule has 1 N–H and O–H groups in total. The van der Waals surface area contributed by atoms with Crippen molar-refractivity contribution in [3.05, 3.63) is 46.3 Å². The molecule has 8 heteroatoms. The number of carbonyl (C=O) groups is 3. The van der Waals surface area contributed by atoms with E-state index in [1.54, 1.807) is 4.90 Å². The maximum Gasteiger partial charge on any atom is 0.261 e. The summed E-state index contributed by atoms with van der Waals surface area (Å²) in [7, 11) is 1.96. The van der Waals surface area contributed by atoms with E-state index in [2.05, 4.69) is 12.2 Å². The number of nitrogens with zero attached hydrogens (tertiary/aromatic N) is 2. The van der Waals surface area contributed by atoms with Crippen molar-refractivity contribution in [2.45, 2.75) is 39.2 Å². The van der Waals surface area contributed by atoms with Crippen molar-refractivity contribution in [2.75, 3.05) is 24.5 Å². The van der Waals surface area contributed by atoms with Crippen LogP contribution < -0.4 is 15.0 Å². The Morgan fingerprint density at radius 1 is 1.16 bits per heavy atom. The van der Waals surface area contributed by atoms with Crippen molar-refractivity contribution in [3.8, 4) is 0 Å². The zero-order chi connectivity index (χ0) is 22.1. The average molecular weight is 437 g/mol. The molecule has 3 heterocycles. The van der Waals surface area contributed by atoms with E-state index in [-0.39, 0.29) is 30.2 Å². The van der Waals surface area contributed by atoms with E-state index in [1.165, 1.54) is 11.3 Å². The Balaban J connectivity index is 1.42. The van der Waals surface area contributed by atoms with E-state index < -0.39 is 0 Å². The molecule has 31 heavy (non-hydrogen) atoms. The molecule has 0 radical (unpaired) electrons. The van der Waals surface area contributed by atoms with Crippen LogP contribution in [0.2, 0.25) is 0 Å². The number of nitrogens with one attached hydrogen (secondary N) is 1. The van der Waals surface area contributed by atoms with Crippen LogP contribution in [0.3, 0.4) is 0 Å². The molecule has 0 aliphatic carbocycles. The molecule has 1 aromatic carbocycles. The number of aryl methyl sites for hydroxylation is 1. The molecule has 2 aliphatic heterocycles. The van der Waals surface area contributed by atoms with Crippen LogP contribution >= 0.6 is 11.3 Å². The molecule has 2 fully saturated rings. The van der Waals surface area contributed by atoms with Crippen LogP contribution in [0, 0.1) is 12.8 Å². The third-order valence-corrected chi connectivity index (χ3v) is 7.25. The molecular weight excluding hydrogens is 409 g/mol. The lowest BCUT2D eigenvalue weighted by atomic mass is 9.98. The van der Waals surface area contributed by atoms with Crippen molar-refractivity contribution in [2.24, 2.45) is 5.92 Å². The zero-order valence-corrected chi connectivity index (χ0v) is 19.1. The van der Waals surface area contributed by atoms with E-state index in [9.17, 15) is 14.4 Å². The molecule has 4 rings (SSSR count). The molecular formula is C23H28BN3O3S. The van der Waals surface area contributed by atoms with Gasteiger partial charge in [0.05, 0.1) is 10.9 Å². The second kappa shape index (κ2) is 8.87. The van der Waals surface area contributed by atoms with E-state index in [0.29, 0.717) is 22.9 Å². The average Bonchev–Trinajstić information content (AvgIpc) is 3.33. The van der Waals surface area contributed by atoms with E-state index in [1.807, 2.05) is 50.0 Å². The number of likely N-dealkylation sites (tertiary alicyclic amines) is 1. The summed E-state index contributed by atoms with van der Waals surface area (Å²) in [6, 6.07) is 9.09. The maximum absolute atomic E-state index is 12.9. The third-order valence-electron chi connectivity index (χ3n) is 6.25. The molecule has 1 unspecified atom stereocenters. The van der Waals surface area contributed by atoms with Gasteiger partial charge in [-0.2, -0.15) is 0 Å². The highest BCUT2D eigenvalue weighted by Crippen LogP contribution is 2.26. The van der Waals surface area contributed by atoms with E-state index >= 15 is 0 Å². The molecule has 0 saturated carbocycles.